The Hall–Kier alpha value is -1.88. The number of hydrazine groups is 1. The molecule has 1 rings (SSSR count). The molecule has 0 atom stereocenters. The van der Waals surface area contributed by atoms with Crippen molar-refractivity contribution in [1.29, 1.82) is 0 Å². The molecule has 5 nitrogen and oxygen atoms in total. The Morgan fingerprint density at radius 1 is 1.10 bits per heavy atom. The number of rotatable bonds is 10. The van der Waals surface area contributed by atoms with E-state index in [0.717, 1.165) is 37.0 Å². The molecular formula is C16H24N2O3. The normalized spacial score (nSPS) is 10.2. The molecule has 0 spiro atoms. The molecule has 1 aromatic carbocycles. The van der Waals surface area contributed by atoms with Crippen LogP contribution >= 0.6 is 0 Å². The Labute approximate surface area is 125 Å². The van der Waals surface area contributed by atoms with Gasteiger partial charge in [-0.2, -0.15) is 0 Å². The minimum absolute atomic E-state index is 0.128. The van der Waals surface area contributed by atoms with E-state index < -0.39 is 0 Å². The highest BCUT2D eigenvalue weighted by atomic mass is 16.5. The summed E-state index contributed by atoms with van der Waals surface area (Å²) in [6, 6.07) is 7.84. The van der Waals surface area contributed by atoms with Crippen LogP contribution in [0.2, 0.25) is 0 Å². The molecule has 0 aliphatic rings. The SMILES string of the molecule is CC(=O)CCc1ccc(OCCCCCC(=O)NN)cc1. The van der Waals surface area contributed by atoms with E-state index in [2.05, 4.69) is 5.43 Å². The highest BCUT2D eigenvalue weighted by Crippen LogP contribution is 2.14. The van der Waals surface area contributed by atoms with Crippen LogP contribution in [0.4, 0.5) is 0 Å². The van der Waals surface area contributed by atoms with Gasteiger partial charge in [0.1, 0.15) is 11.5 Å². The number of benzene rings is 1. The number of ketones is 1. The second-order valence-corrected chi connectivity index (χ2v) is 5.07. The lowest BCUT2D eigenvalue weighted by atomic mass is 10.1. The molecular weight excluding hydrogens is 268 g/mol. The Balaban J connectivity index is 2.15. The third-order valence-electron chi connectivity index (χ3n) is 3.17. The minimum atomic E-state index is -0.128. The first-order valence-electron chi connectivity index (χ1n) is 7.32. The van der Waals surface area contributed by atoms with Crippen LogP contribution in [0.25, 0.3) is 0 Å². The third kappa shape index (κ3) is 8.09. The topological polar surface area (TPSA) is 81.4 Å². The fraction of sp³-hybridized carbons (Fsp3) is 0.500. The summed E-state index contributed by atoms with van der Waals surface area (Å²) in [5.74, 6) is 5.91. The summed E-state index contributed by atoms with van der Waals surface area (Å²) in [5.41, 5.74) is 3.26. The van der Waals surface area contributed by atoms with Crippen LogP contribution in [0.5, 0.6) is 5.75 Å². The van der Waals surface area contributed by atoms with Gasteiger partial charge >= 0.3 is 0 Å². The van der Waals surface area contributed by atoms with Crippen LogP contribution in [0.15, 0.2) is 24.3 Å². The number of carbonyl (C=O) groups excluding carboxylic acids is 2. The number of nitrogens with two attached hydrogens (primary N) is 1. The minimum Gasteiger partial charge on any atom is -0.494 e. The zero-order valence-corrected chi connectivity index (χ0v) is 12.6. The number of hydrogen-bond donors (Lipinski definition) is 2. The van der Waals surface area contributed by atoms with E-state index in [1.165, 1.54) is 0 Å². The predicted octanol–water partition coefficient (Wildman–Crippen LogP) is 2.14. The number of unbranched alkanes of at least 4 members (excludes halogenated alkanes) is 2. The van der Waals surface area contributed by atoms with Gasteiger partial charge in [-0.05, 0) is 50.3 Å². The first-order chi connectivity index (χ1) is 10.1. The molecule has 0 saturated heterocycles. The second kappa shape index (κ2) is 9.94. The van der Waals surface area contributed by atoms with Crippen LogP contribution in [-0.4, -0.2) is 18.3 Å². The number of ether oxygens (including phenoxy) is 1. The number of Topliss-reactive ketones (excluding diaryl/α,β-unsaturated/α-hetero) is 1. The van der Waals surface area contributed by atoms with Crippen molar-refractivity contribution >= 4 is 11.7 Å². The Morgan fingerprint density at radius 2 is 1.81 bits per heavy atom. The number of aryl methyl sites for hydroxylation is 1. The third-order valence-corrected chi connectivity index (χ3v) is 3.17. The van der Waals surface area contributed by atoms with Crippen molar-refractivity contribution < 1.29 is 14.3 Å². The standard InChI is InChI=1S/C16H24N2O3/c1-13(19)6-7-14-8-10-15(11-9-14)21-12-4-2-3-5-16(20)18-17/h8-11H,2-7,12,17H2,1H3,(H,18,20). The maximum absolute atomic E-state index is 10.9. The smallest absolute Gasteiger partial charge is 0.233 e. The number of nitrogens with one attached hydrogen (secondary N) is 1. The fourth-order valence-electron chi connectivity index (χ4n) is 1.90. The maximum atomic E-state index is 10.9. The molecule has 0 saturated carbocycles. The summed E-state index contributed by atoms with van der Waals surface area (Å²) < 4.78 is 5.63. The molecule has 116 valence electrons. The van der Waals surface area contributed by atoms with Crippen LogP contribution < -0.4 is 16.0 Å². The van der Waals surface area contributed by atoms with Gasteiger partial charge in [-0.25, -0.2) is 5.84 Å². The predicted molar refractivity (Wildman–Crippen MR) is 81.7 cm³/mol. The van der Waals surface area contributed by atoms with Crippen LogP contribution in [0.1, 0.15) is 44.6 Å². The summed E-state index contributed by atoms with van der Waals surface area (Å²) >= 11 is 0. The van der Waals surface area contributed by atoms with Crippen molar-refractivity contribution in [3.63, 3.8) is 0 Å². The van der Waals surface area contributed by atoms with Gasteiger partial charge in [0.15, 0.2) is 0 Å². The van der Waals surface area contributed by atoms with E-state index in [1.807, 2.05) is 24.3 Å². The van der Waals surface area contributed by atoms with Gasteiger partial charge in [-0.1, -0.05) is 12.1 Å². The van der Waals surface area contributed by atoms with Gasteiger partial charge in [-0.3, -0.25) is 10.2 Å². The van der Waals surface area contributed by atoms with Crippen LogP contribution in [0, 0.1) is 0 Å². The molecule has 0 unspecified atom stereocenters. The summed E-state index contributed by atoms with van der Waals surface area (Å²) in [7, 11) is 0. The lowest BCUT2D eigenvalue weighted by Crippen LogP contribution is -2.29. The zero-order chi connectivity index (χ0) is 15.5. The quantitative estimate of drug-likeness (QED) is 0.299. The van der Waals surface area contributed by atoms with Crippen molar-refractivity contribution in [2.75, 3.05) is 6.61 Å². The summed E-state index contributed by atoms with van der Waals surface area (Å²) in [4.78, 5) is 21.8. The van der Waals surface area contributed by atoms with E-state index in [4.69, 9.17) is 10.6 Å². The van der Waals surface area contributed by atoms with Gasteiger partial charge < -0.3 is 9.53 Å². The molecule has 0 heterocycles. The van der Waals surface area contributed by atoms with Gasteiger partial charge in [-0.15, -0.1) is 0 Å². The Bertz CT molecular complexity index is 443. The van der Waals surface area contributed by atoms with Gasteiger partial charge in [0.25, 0.3) is 0 Å². The van der Waals surface area contributed by atoms with E-state index in [0.29, 0.717) is 19.4 Å². The average molecular weight is 292 g/mol. The van der Waals surface area contributed by atoms with Gasteiger partial charge in [0, 0.05) is 12.8 Å². The molecule has 0 fully saturated rings. The lowest BCUT2D eigenvalue weighted by Gasteiger charge is -2.07. The molecule has 3 N–H and O–H groups in total. The molecule has 0 radical (unpaired) electrons. The number of hydrogen-bond acceptors (Lipinski definition) is 4. The van der Waals surface area contributed by atoms with Gasteiger partial charge in [0.2, 0.25) is 5.91 Å². The summed E-state index contributed by atoms with van der Waals surface area (Å²) in [6.07, 6.45) is 4.47. The molecule has 0 aromatic heterocycles. The highest BCUT2D eigenvalue weighted by Gasteiger charge is 2.00. The van der Waals surface area contributed by atoms with E-state index in [-0.39, 0.29) is 11.7 Å². The number of carbonyl (C=O) groups is 2. The van der Waals surface area contributed by atoms with Crippen molar-refractivity contribution in [2.24, 2.45) is 5.84 Å². The molecule has 0 bridgehead atoms. The van der Waals surface area contributed by atoms with E-state index in [1.54, 1.807) is 6.92 Å². The molecule has 1 amide bonds. The lowest BCUT2D eigenvalue weighted by molar-refractivity contribution is -0.121. The number of amides is 1. The molecule has 0 aliphatic heterocycles. The fourth-order valence-corrected chi connectivity index (χ4v) is 1.90. The van der Waals surface area contributed by atoms with Crippen molar-refractivity contribution in [1.82, 2.24) is 5.43 Å². The van der Waals surface area contributed by atoms with Crippen LogP contribution in [-0.2, 0) is 16.0 Å². The van der Waals surface area contributed by atoms with Crippen molar-refractivity contribution in [3.8, 4) is 5.75 Å². The molecule has 1 aromatic rings. The van der Waals surface area contributed by atoms with Crippen LogP contribution in [0.3, 0.4) is 0 Å². The largest absolute Gasteiger partial charge is 0.494 e. The summed E-state index contributed by atoms with van der Waals surface area (Å²) in [5, 5.41) is 0. The Morgan fingerprint density at radius 3 is 2.43 bits per heavy atom. The average Bonchev–Trinajstić information content (AvgIpc) is 2.49. The first-order valence-corrected chi connectivity index (χ1v) is 7.32. The monoisotopic (exact) mass is 292 g/mol. The van der Waals surface area contributed by atoms with Gasteiger partial charge in [0.05, 0.1) is 6.61 Å². The van der Waals surface area contributed by atoms with Crippen molar-refractivity contribution in [3.05, 3.63) is 29.8 Å². The van der Waals surface area contributed by atoms with Crippen molar-refractivity contribution in [2.45, 2.75) is 45.4 Å². The van der Waals surface area contributed by atoms with E-state index in [9.17, 15) is 9.59 Å². The zero-order valence-electron chi connectivity index (χ0n) is 12.6. The summed E-state index contributed by atoms with van der Waals surface area (Å²) in [6.45, 7) is 2.24. The van der Waals surface area contributed by atoms with E-state index >= 15 is 0 Å². The highest BCUT2D eigenvalue weighted by molar-refractivity contribution is 5.75. The maximum Gasteiger partial charge on any atom is 0.233 e. The molecule has 21 heavy (non-hydrogen) atoms. The molecule has 0 aliphatic carbocycles. The first kappa shape index (κ1) is 17.2. The second-order valence-electron chi connectivity index (χ2n) is 5.07. The Kier molecular flexibility index (Phi) is 8.12. The molecule has 5 heteroatoms.